The van der Waals surface area contributed by atoms with Gasteiger partial charge in [0, 0.05) is 30.7 Å². The first-order valence-electron chi connectivity index (χ1n) is 15.2. The maximum atomic E-state index is 12.6. The van der Waals surface area contributed by atoms with Crippen LogP contribution in [0.4, 0.5) is 5.82 Å². The second kappa shape index (κ2) is 18.8. The van der Waals surface area contributed by atoms with E-state index < -0.39 is 84.6 Å². The van der Waals surface area contributed by atoms with Gasteiger partial charge in [0.1, 0.15) is 36.3 Å². The van der Waals surface area contributed by atoms with Gasteiger partial charge in [-0.2, -0.15) is 4.31 Å². The fourth-order valence-corrected chi connectivity index (χ4v) is 7.93. The number of imidazole rings is 1. The SMILES string of the molecule is C/C=C/C(=O)SCCNC(=O)CCNC(=O)[C@H](O)C(C)(C)COP(=O)(O)OP(=O)(O)OCC1OC(n2cnc3c(N)ncnc32)[C@H](O)[C@@H]1OP(=O)(O)O. The lowest BCUT2D eigenvalue weighted by atomic mass is 9.87. The van der Waals surface area contributed by atoms with E-state index in [9.17, 15) is 57.9 Å². The fraction of sp³-hybridized carbons (Fsp3) is 0.600. The maximum Gasteiger partial charge on any atom is 0.481 e. The number of carbonyl (C=O) groups is 3. The molecule has 53 heavy (non-hydrogen) atoms. The van der Waals surface area contributed by atoms with Crippen molar-refractivity contribution in [2.45, 2.75) is 57.8 Å². The average Bonchev–Trinajstić information content (AvgIpc) is 3.61. The molecule has 0 aliphatic carbocycles. The number of thioether (sulfide) groups is 1. The van der Waals surface area contributed by atoms with Crippen molar-refractivity contribution in [2.24, 2.45) is 5.41 Å². The Morgan fingerprint density at radius 3 is 2.43 bits per heavy atom. The number of nitrogens with two attached hydrogens (primary N) is 1. The van der Waals surface area contributed by atoms with Gasteiger partial charge in [-0.25, -0.2) is 28.6 Å². The Kier molecular flexibility index (Phi) is 15.8. The van der Waals surface area contributed by atoms with E-state index in [0.29, 0.717) is 5.75 Å². The molecule has 2 aromatic heterocycles. The minimum absolute atomic E-state index is 0.0300. The number of aromatic nitrogens is 4. The van der Waals surface area contributed by atoms with Gasteiger partial charge in [0.2, 0.25) is 16.9 Å². The molecule has 10 N–H and O–H groups in total. The summed E-state index contributed by atoms with van der Waals surface area (Å²) in [6, 6.07) is 0. The van der Waals surface area contributed by atoms with E-state index in [1.165, 1.54) is 19.9 Å². The summed E-state index contributed by atoms with van der Waals surface area (Å²) in [7, 11) is -16.4. The zero-order valence-corrected chi connectivity index (χ0v) is 31.7. The van der Waals surface area contributed by atoms with Gasteiger partial charge in [0.25, 0.3) is 0 Å². The van der Waals surface area contributed by atoms with Crippen molar-refractivity contribution in [3.8, 4) is 0 Å². The lowest BCUT2D eigenvalue weighted by Gasteiger charge is -2.30. The number of fused-ring (bicyclic) bond motifs is 1. The van der Waals surface area contributed by atoms with Gasteiger partial charge in [0.05, 0.1) is 19.5 Å². The highest BCUT2D eigenvalue weighted by molar-refractivity contribution is 8.14. The fourth-order valence-electron chi connectivity index (χ4n) is 4.47. The Balaban J connectivity index is 1.52. The summed E-state index contributed by atoms with van der Waals surface area (Å²) in [4.78, 5) is 86.7. The number of anilines is 1. The third-order valence-corrected chi connectivity index (χ3v) is 11.0. The van der Waals surface area contributed by atoms with Gasteiger partial charge < -0.3 is 50.9 Å². The number of nitrogen functional groups attached to an aromatic ring is 1. The molecule has 4 unspecified atom stereocenters. The van der Waals surface area contributed by atoms with Crippen LogP contribution in [0.1, 0.15) is 33.4 Å². The van der Waals surface area contributed by atoms with Gasteiger partial charge in [-0.15, -0.1) is 0 Å². The number of phosphoric acid groups is 3. The summed E-state index contributed by atoms with van der Waals surface area (Å²) in [6.45, 7) is 2.17. The van der Waals surface area contributed by atoms with Crippen LogP contribution in [-0.2, 0) is 50.7 Å². The van der Waals surface area contributed by atoms with Crippen molar-refractivity contribution in [3.63, 3.8) is 0 Å². The molecule has 1 aliphatic rings. The molecule has 2 amide bonds. The predicted octanol–water partition coefficient (Wildman–Crippen LogP) is -0.759. The molecule has 0 bridgehead atoms. The largest absolute Gasteiger partial charge is 0.481 e. The monoisotopic (exact) mass is 835 g/mol. The van der Waals surface area contributed by atoms with Crippen molar-refractivity contribution in [1.29, 1.82) is 0 Å². The smallest absolute Gasteiger partial charge is 0.386 e. The van der Waals surface area contributed by atoms with E-state index in [4.69, 9.17) is 19.5 Å². The molecule has 0 aromatic carbocycles. The Bertz CT molecular complexity index is 1790. The molecule has 7 atom stereocenters. The zero-order valence-electron chi connectivity index (χ0n) is 28.2. The zero-order chi connectivity index (χ0) is 39.8. The van der Waals surface area contributed by atoms with Gasteiger partial charge in [0.15, 0.2) is 17.7 Å². The molecule has 0 saturated carbocycles. The number of aliphatic hydroxyl groups excluding tert-OH is 2. The number of hydrogen-bond donors (Lipinski definition) is 9. The Hall–Kier alpha value is -2.70. The number of aliphatic hydroxyl groups is 2. The van der Waals surface area contributed by atoms with Crippen LogP contribution in [0.2, 0.25) is 0 Å². The molecule has 28 heteroatoms. The summed E-state index contributed by atoms with van der Waals surface area (Å²) < 4.78 is 61.9. The highest BCUT2D eigenvalue weighted by atomic mass is 32.2. The predicted molar refractivity (Wildman–Crippen MR) is 182 cm³/mol. The summed E-state index contributed by atoms with van der Waals surface area (Å²) in [5, 5.41) is 26.1. The first-order chi connectivity index (χ1) is 24.6. The Morgan fingerprint density at radius 1 is 1.09 bits per heavy atom. The van der Waals surface area contributed by atoms with Crippen molar-refractivity contribution in [2.75, 3.05) is 37.8 Å². The number of allylic oxidation sites excluding steroid dienone is 1. The molecule has 0 radical (unpaired) electrons. The highest BCUT2D eigenvalue weighted by Crippen LogP contribution is 2.61. The van der Waals surface area contributed by atoms with E-state index in [0.717, 1.165) is 29.0 Å². The van der Waals surface area contributed by atoms with Crippen LogP contribution in [0.15, 0.2) is 24.8 Å². The Labute approximate surface area is 305 Å². The minimum Gasteiger partial charge on any atom is -0.386 e. The number of carbonyl (C=O) groups excluding carboxylic acids is 3. The number of rotatable bonds is 20. The van der Waals surface area contributed by atoms with Crippen LogP contribution in [0.5, 0.6) is 0 Å². The molecule has 1 fully saturated rings. The molecule has 298 valence electrons. The molecule has 1 aliphatic heterocycles. The lowest BCUT2D eigenvalue weighted by Crippen LogP contribution is -2.46. The maximum absolute atomic E-state index is 12.6. The Morgan fingerprint density at radius 2 is 1.77 bits per heavy atom. The van der Waals surface area contributed by atoms with E-state index in [1.807, 2.05) is 0 Å². The van der Waals surface area contributed by atoms with Crippen LogP contribution in [0.3, 0.4) is 0 Å². The van der Waals surface area contributed by atoms with Crippen LogP contribution in [0, 0.1) is 5.41 Å². The molecule has 2 aromatic rings. The quantitative estimate of drug-likeness (QED) is 0.0449. The summed E-state index contributed by atoms with van der Waals surface area (Å²) >= 11 is 1.01. The summed E-state index contributed by atoms with van der Waals surface area (Å²) in [5.74, 6) is -1.13. The molecule has 1 saturated heterocycles. The van der Waals surface area contributed by atoms with E-state index in [1.54, 1.807) is 13.0 Å². The lowest BCUT2D eigenvalue weighted by molar-refractivity contribution is -0.137. The summed E-state index contributed by atoms with van der Waals surface area (Å²) in [5.41, 5.74) is 4.26. The first-order valence-corrected chi connectivity index (χ1v) is 20.7. The van der Waals surface area contributed by atoms with Gasteiger partial charge >= 0.3 is 23.5 Å². The van der Waals surface area contributed by atoms with E-state index >= 15 is 0 Å². The number of hydrogen-bond acceptors (Lipinski definition) is 18. The molecule has 3 rings (SSSR count). The number of nitrogens with zero attached hydrogens (tertiary/aromatic N) is 4. The molecule has 0 spiro atoms. The summed E-state index contributed by atoms with van der Waals surface area (Å²) in [6.07, 6.45) is -3.94. The van der Waals surface area contributed by atoms with Crippen molar-refractivity contribution in [1.82, 2.24) is 30.2 Å². The van der Waals surface area contributed by atoms with Crippen LogP contribution in [-0.4, -0.2) is 123 Å². The van der Waals surface area contributed by atoms with Gasteiger partial charge in [-0.05, 0) is 13.0 Å². The first kappa shape index (κ1) is 44.7. The average molecular weight is 836 g/mol. The second-order valence-corrected chi connectivity index (χ2v) is 17.1. The molecular formula is C25H40N7O17P3S. The van der Waals surface area contributed by atoms with E-state index in [-0.39, 0.29) is 41.6 Å². The van der Waals surface area contributed by atoms with Crippen molar-refractivity contribution in [3.05, 3.63) is 24.8 Å². The molecular weight excluding hydrogens is 795 g/mol. The van der Waals surface area contributed by atoms with Crippen molar-refractivity contribution < 1.29 is 80.5 Å². The third-order valence-electron chi connectivity index (χ3n) is 7.05. The molecule has 3 heterocycles. The van der Waals surface area contributed by atoms with Gasteiger partial charge in [-0.3, -0.25) is 32.5 Å². The number of amides is 2. The van der Waals surface area contributed by atoms with Crippen LogP contribution >= 0.6 is 35.2 Å². The number of phosphoric ester groups is 3. The number of ether oxygens (including phenoxy) is 1. The normalized spacial score (nSPS) is 22.4. The van der Waals surface area contributed by atoms with Crippen LogP contribution < -0.4 is 16.4 Å². The third kappa shape index (κ3) is 13.5. The molecule has 24 nitrogen and oxygen atoms in total. The number of nitrogens with one attached hydrogen (secondary N) is 2. The van der Waals surface area contributed by atoms with Gasteiger partial charge in [-0.1, -0.05) is 31.7 Å². The van der Waals surface area contributed by atoms with Crippen LogP contribution in [0.25, 0.3) is 11.2 Å². The van der Waals surface area contributed by atoms with E-state index in [2.05, 4.69) is 34.4 Å². The minimum atomic E-state index is -5.56. The second-order valence-electron chi connectivity index (χ2n) is 11.7. The highest BCUT2D eigenvalue weighted by Gasteiger charge is 2.50. The van der Waals surface area contributed by atoms with Crippen molar-refractivity contribution >= 4 is 69.1 Å². The standard InChI is InChI=1S/C25H40N7O17P3S/c1-4-5-16(34)53-9-8-27-15(33)6-7-28-23(37)20(36)25(2,3)11-46-52(43,44)49-51(41,42)45-10-14-19(48-50(38,39)40)18(35)24(47-14)32-13-31-17-21(26)29-12-30-22(17)32/h4-5,12-14,18-20,24,35-36H,6-11H2,1-3H3,(H,27,33)(H,28,37)(H,41,42)(H,43,44)(H2,26,29,30)(H2,38,39,40)/b5-4+/t14?,18-,19-,20+,24?/m1/s1. The topological polar surface area (TPSA) is 364 Å².